The zero-order valence-corrected chi connectivity index (χ0v) is 14.3. The molecule has 4 nitrogen and oxygen atoms in total. The Hall–Kier alpha value is -2.69. The highest BCUT2D eigenvalue weighted by Gasteiger charge is 2.34. The molecule has 0 unspecified atom stereocenters. The SMILES string of the molecule is COc1cc(OC(F)(F)F)ccc1Oc1cc(C(F)(F)F)cc(F)c1C(=O)Cl. The lowest BCUT2D eigenvalue weighted by Crippen LogP contribution is -2.17. The summed E-state index contributed by atoms with van der Waals surface area (Å²) in [5, 5.41) is -1.45. The Morgan fingerprint density at radius 3 is 2.11 bits per heavy atom. The van der Waals surface area contributed by atoms with Gasteiger partial charge >= 0.3 is 12.5 Å². The van der Waals surface area contributed by atoms with E-state index in [9.17, 15) is 35.5 Å². The van der Waals surface area contributed by atoms with Crippen LogP contribution in [0, 0.1) is 5.82 Å². The van der Waals surface area contributed by atoms with Gasteiger partial charge in [0.2, 0.25) is 0 Å². The minimum atomic E-state index is -5.00. The number of ether oxygens (including phenoxy) is 3. The Morgan fingerprint density at radius 1 is 0.964 bits per heavy atom. The van der Waals surface area contributed by atoms with Gasteiger partial charge in [0.1, 0.15) is 22.9 Å². The highest BCUT2D eigenvalue weighted by Crippen LogP contribution is 2.40. The number of halogens is 8. The van der Waals surface area contributed by atoms with Gasteiger partial charge in [-0.3, -0.25) is 4.79 Å². The zero-order chi connectivity index (χ0) is 21.3. The summed E-state index contributed by atoms with van der Waals surface area (Å²) in [5.74, 6) is -4.03. The van der Waals surface area contributed by atoms with Crippen LogP contribution in [0.2, 0.25) is 0 Å². The molecule has 0 aliphatic carbocycles. The second kappa shape index (κ2) is 7.74. The van der Waals surface area contributed by atoms with Gasteiger partial charge in [-0.1, -0.05) is 0 Å². The molecule has 0 saturated carbocycles. The van der Waals surface area contributed by atoms with Gasteiger partial charge in [-0.2, -0.15) is 13.2 Å². The molecule has 0 bridgehead atoms. The van der Waals surface area contributed by atoms with E-state index in [0.717, 1.165) is 25.3 Å². The topological polar surface area (TPSA) is 44.8 Å². The van der Waals surface area contributed by atoms with E-state index in [4.69, 9.17) is 21.1 Å². The molecule has 0 heterocycles. The van der Waals surface area contributed by atoms with Crippen molar-refractivity contribution in [1.29, 1.82) is 0 Å². The van der Waals surface area contributed by atoms with Crippen molar-refractivity contribution in [2.45, 2.75) is 12.5 Å². The zero-order valence-electron chi connectivity index (χ0n) is 13.5. The monoisotopic (exact) mass is 432 g/mol. The molecule has 28 heavy (non-hydrogen) atoms. The number of carbonyl (C=O) groups excluding carboxylic acids is 1. The lowest BCUT2D eigenvalue weighted by molar-refractivity contribution is -0.274. The maximum absolute atomic E-state index is 14.0. The first kappa shape index (κ1) is 21.6. The number of hydrogen-bond donors (Lipinski definition) is 0. The molecule has 0 aromatic heterocycles. The van der Waals surface area contributed by atoms with E-state index in [-0.39, 0.29) is 6.07 Å². The Kier molecular flexibility index (Phi) is 5.97. The molecule has 0 N–H and O–H groups in total. The molecule has 0 saturated heterocycles. The smallest absolute Gasteiger partial charge is 0.493 e. The maximum Gasteiger partial charge on any atom is 0.573 e. The van der Waals surface area contributed by atoms with Crippen molar-refractivity contribution in [1.82, 2.24) is 0 Å². The van der Waals surface area contributed by atoms with Crippen LogP contribution in [-0.2, 0) is 6.18 Å². The number of benzene rings is 2. The Bertz CT molecular complexity index is 894. The average Bonchev–Trinajstić information content (AvgIpc) is 2.53. The van der Waals surface area contributed by atoms with Crippen LogP contribution in [0.1, 0.15) is 15.9 Å². The van der Waals surface area contributed by atoms with Gasteiger partial charge in [0, 0.05) is 6.07 Å². The minimum absolute atomic E-state index is 0.0555. The third kappa shape index (κ3) is 5.18. The summed E-state index contributed by atoms with van der Waals surface area (Å²) >= 11 is 5.20. The normalized spacial score (nSPS) is 11.9. The summed E-state index contributed by atoms with van der Waals surface area (Å²) < 4.78 is 103. The van der Waals surface area contributed by atoms with E-state index in [0.29, 0.717) is 6.07 Å². The number of alkyl halides is 6. The van der Waals surface area contributed by atoms with E-state index >= 15 is 0 Å². The highest BCUT2D eigenvalue weighted by atomic mass is 35.5. The molecular formula is C16H8ClF7O4. The standard InChI is InChI=1S/C16H8ClF7O4/c1-26-11-6-8(28-16(22,23)24)2-3-10(11)27-12-5-7(15(19,20)21)4-9(18)13(12)14(17)25/h2-6H,1H3. The number of carbonyl (C=O) groups is 1. The lowest BCUT2D eigenvalue weighted by atomic mass is 10.1. The molecule has 12 heteroatoms. The van der Waals surface area contributed by atoms with Crippen molar-refractivity contribution in [2.75, 3.05) is 7.11 Å². The van der Waals surface area contributed by atoms with Gasteiger partial charge in [-0.15, -0.1) is 13.2 Å². The van der Waals surface area contributed by atoms with E-state index in [1.807, 2.05) is 0 Å². The van der Waals surface area contributed by atoms with Crippen molar-refractivity contribution < 1.29 is 49.7 Å². The largest absolute Gasteiger partial charge is 0.573 e. The molecule has 152 valence electrons. The third-order valence-electron chi connectivity index (χ3n) is 3.17. The third-order valence-corrected chi connectivity index (χ3v) is 3.36. The van der Waals surface area contributed by atoms with Crippen molar-refractivity contribution in [2.24, 2.45) is 0 Å². The van der Waals surface area contributed by atoms with Crippen molar-refractivity contribution in [3.63, 3.8) is 0 Å². The first-order valence-corrected chi connectivity index (χ1v) is 7.42. The molecule has 0 radical (unpaired) electrons. The minimum Gasteiger partial charge on any atom is -0.493 e. The Labute approximate surface area is 157 Å². The van der Waals surface area contributed by atoms with Crippen molar-refractivity contribution >= 4 is 16.8 Å². The lowest BCUT2D eigenvalue weighted by Gasteiger charge is -2.16. The van der Waals surface area contributed by atoms with Crippen LogP contribution in [0.15, 0.2) is 30.3 Å². The van der Waals surface area contributed by atoms with Crippen molar-refractivity contribution in [3.8, 4) is 23.0 Å². The fourth-order valence-electron chi connectivity index (χ4n) is 2.06. The summed E-state index contributed by atoms with van der Waals surface area (Å²) in [6.07, 6.45) is -9.98. The van der Waals surface area contributed by atoms with Crippen LogP contribution >= 0.6 is 11.6 Å². The van der Waals surface area contributed by atoms with E-state index in [1.54, 1.807) is 0 Å². The van der Waals surface area contributed by atoms with Gasteiger partial charge in [-0.25, -0.2) is 4.39 Å². The molecule has 0 spiro atoms. The van der Waals surface area contributed by atoms with Crippen LogP contribution in [-0.4, -0.2) is 18.7 Å². The summed E-state index contributed by atoms with van der Waals surface area (Å²) in [6.45, 7) is 0. The fourth-order valence-corrected chi connectivity index (χ4v) is 2.25. The van der Waals surface area contributed by atoms with Crippen LogP contribution < -0.4 is 14.2 Å². The fraction of sp³-hybridized carbons (Fsp3) is 0.188. The number of rotatable bonds is 5. The Morgan fingerprint density at radius 2 is 1.61 bits per heavy atom. The summed E-state index contributed by atoms with van der Waals surface area (Å²) in [4.78, 5) is 11.4. The summed E-state index contributed by atoms with van der Waals surface area (Å²) in [6, 6.07) is 2.74. The van der Waals surface area contributed by atoms with Gasteiger partial charge in [0.05, 0.1) is 12.7 Å². The van der Waals surface area contributed by atoms with Crippen LogP contribution in [0.25, 0.3) is 0 Å². The first-order valence-electron chi connectivity index (χ1n) is 7.04. The second-order valence-electron chi connectivity index (χ2n) is 5.07. The number of hydrogen-bond acceptors (Lipinski definition) is 4. The van der Waals surface area contributed by atoms with E-state index in [1.165, 1.54) is 0 Å². The maximum atomic E-state index is 14.0. The number of methoxy groups -OCH3 is 1. The second-order valence-corrected chi connectivity index (χ2v) is 5.41. The van der Waals surface area contributed by atoms with Crippen molar-refractivity contribution in [3.05, 3.63) is 47.3 Å². The molecule has 0 amide bonds. The van der Waals surface area contributed by atoms with E-state index < -0.39 is 57.7 Å². The molecule has 2 aromatic carbocycles. The molecule has 2 aromatic rings. The van der Waals surface area contributed by atoms with Gasteiger partial charge < -0.3 is 14.2 Å². The summed E-state index contributed by atoms with van der Waals surface area (Å²) in [5.41, 5.74) is -2.47. The molecule has 0 aliphatic rings. The van der Waals surface area contributed by atoms with Crippen LogP contribution in [0.3, 0.4) is 0 Å². The van der Waals surface area contributed by atoms with E-state index in [2.05, 4.69) is 4.74 Å². The molecule has 0 aliphatic heterocycles. The molecular weight excluding hydrogens is 425 g/mol. The van der Waals surface area contributed by atoms with Gasteiger partial charge in [-0.05, 0) is 35.9 Å². The molecule has 0 fully saturated rings. The van der Waals surface area contributed by atoms with Crippen LogP contribution in [0.4, 0.5) is 30.7 Å². The highest BCUT2D eigenvalue weighted by molar-refractivity contribution is 6.68. The molecule has 2 rings (SSSR count). The molecule has 0 atom stereocenters. The predicted octanol–water partition coefficient (Wildman–Crippen LogP) is 5.92. The average molecular weight is 433 g/mol. The predicted molar refractivity (Wildman–Crippen MR) is 81.3 cm³/mol. The van der Waals surface area contributed by atoms with Crippen LogP contribution in [0.5, 0.6) is 23.0 Å². The first-order chi connectivity index (χ1) is 12.8. The summed E-state index contributed by atoms with van der Waals surface area (Å²) in [7, 11) is 1.03. The van der Waals surface area contributed by atoms with Gasteiger partial charge in [0.15, 0.2) is 11.5 Å². The van der Waals surface area contributed by atoms with Gasteiger partial charge in [0.25, 0.3) is 5.24 Å². The Balaban J connectivity index is 2.52. The quantitative estimate of drug-likeness (QED) is 0.434.